The average molecular weight is 260 g/mol. The molecular weight excluding hydrogens is 236 g/mol. The van der Waals surface area contributed by atoms with Crippen LogP contribution in [0, 0.1) is 6.92 Å². The van der Waals surface area contributed by atoms with Crippen molar-refractivity contribution in [3.63, 3.8) is 0 Å². The molecule has 1 aliphatic rings. The third-order valence-electron chi connectivity index (χ3n) is 4.17. The summed E-state index contributed by atoms with van der Waals surface area (Å²) in [6.45, 7) is 5.39. The van der Waals surface area contributed by atoms with Gasteiger partial charge in [-0.05, 0) is 38.8 Å². The summed E-state index contributed by atoms with van der Waals surface area (Å²) in [5, 5.41) is 0. The number of rotatable bonds is 4. The Balaban J connectivity index is 2.12. The van der Waals surface area contributed by atoms with Crippen molar-refractivity contribution >= 4 is 5.91 Å². The number of carbonyl (C=O) groups excluding carboxylic acids is 1. The first-order valence-electron chi connectivity index (χ1n) is 7.18. The van der Waals surface area contributed by atoms with E-state index in [4.69, 9.17) is 5.73 Å². The molecule has 0 spiro atoms. The summed E-state index contributed by atoms with van der Waals surface area (Å²) >= 11 is 0. The Labute approximate surface area is 115 Å². The fourth-order valence-electron chi connectivity index (χ4n) is 3.02. The van der Waals surface area contributed by atoms with Gasteiger partial charge >= 0.3 is 0 Å². The van der Waals surface area contributed by atoms with Gasteiger partial charge in [-0.3, -0.25) is 9.69 Å². The minimum atomic E-state index is -0.187. The van der Waals surface area contributed by atoms with Crippen LogP contribution in [0.25, 0.3) is 0 Å². The summed E-state index contributed by atoms with van der Waals surface area (Å²) in [6, 6.07) is 9.34. The molecule has 1 aliphatic heterocycles. The zero-order valence-corrected chi connectivity index (χ0v) is 11.9. The maximum absolute atomic E-state index is 11.2. The number of likely N-dealkylation sites (tertiary alicyclic amines) is 1. The molecule has 1 amide bonds. The first-order chi connectivity index (χ1) is 9.08. The van der Waals surface area contributed by atoms with E-state index >= 15 is 0 Å². The van der Waals surface area contributed by atoms with Gasteiger partial charge < -0.3 is 5.73 Å². The van der Waals surface area contributed by atoms with E-state index in [1.807, 2.05) is 0 Å². The summed E-state index contributed by atoms with van der Waals surface area (Å²) in [6.07, 6.45) is 3.98. The van der Waals surface area contributed by atoms with Gasteiger partial charge in [0.05, 0.1) is 0 Å². The van der Waals surface area contributed by atoms with Crippen LogP contribution in [0.1, 0.15) is 49.8 Å². The Kier molecular flexibility index (Phi) is 4.59. The smallest absolute Gasteiger partial charge is 0.218 e. The molecule has 0 aromatic heterocycles. The molecule has 0 aliphatic carbocycles. The molecule has 1 fully saturated rings. The van der Waals surface area contributed by atoms with Crippen LogP contribution in [0.2, 0.25) is 0 Å². The number of nitrogens with zero attached hydrogens (tertiary/aromatic N) is 1. The highest BCUT2D eigenvalue weighted by molar-refractivity contribution is 5.74. The molecule has 2 unspecified atom stereocenters. The quantitative estimate of drug-likeness (QED) is 0.905. The Morgan fingerprint density at radius 1 is 1.37 bits per heavy atom. The second kappa shape index (κ2) is 6.20. The van der Waals surface area contributed by atoms with Gasteiger partial charge in [-0.15, -0.1) is 0 Å². The van der Waals surface area contributed by atoms with Gasteiger partial charge in [0.25, 0.3) is 0 Å². The van der Waals surface area contributed by atoms with Crippen molar-refractivity contribution in [1.82, 2.24) is 4.90 Å². The number of amides is 1. The highest BCUT2D eigenvalue weighted by atomic mass is 16.1. The molecule has 19 heavy (non-hydrogen) atoms. The average Bonchev–Trinajstić information content (AvgIpc) is 2.39. The highest BCUT2D eigenvalue weighted by Gasteiger charge is 2.28. The van der Waals surface area contributed by atoms with Crippen LogP contribution >= 0.6 is 0 Å². The van der Waals surface area contributed by atoms with Crippen LogP contribution in [0.3, 0.4) is 0 Å². The summed E-state index contributed by atoms with van der Waals surface area (Å²) in [7, 11) is 0. The lowest BCUT2D eigenvalue weighted by Gasteiger charge is -2.39. The van der Waals surface area contributed by atoms with Crippen molar-refractivity contribution in [3.8, 4) is 0 Å². The van der Waals surface area contributed by atoms with Gasteiger partial charge in [0.15, 0.2) is 0 Å². The van der Waals surface area contributed by atoms with Crippen molar-refractivity contribution in [2.45, 2.75) is 51.6 Å². The van der Waals surface area contributed by atoms with Gasteiger partial charge in [0, 0.05) is 18.5 Å². The lowest BCUT2D eigenvalue weighted by molar-refractivity contribution is -0.119. The van der Waals surface area contributed by atoms with Crippen LogP contribution < -0.4 is 5.73 Å². The van der Waals surface area contributed by atoms with Gasteiger partial charge in [-0.2, -0.15) is 0 Å². The minimum Gasteiger partial charge on any atom is -0.370 e. The van der Waals surface area contributed by atoms with E-state index in [9.17, 15) is 4.79 Å². The van der Waals surface area contributed by atoms with Crippen molar-refractivity contribution in [1.29, 1.82) is 0 Å². The summed E-state index contributed by atoms with van der Waals surface area (Å²) in [5.41, 5.74) is 7.98. The molecule has 1 aromatic carbocycles. The number of primary amides is 1. The van der Waals surface area contributed by atoms with Crippen LogP contribution in [-0.2, 0) is 4.79 Å². The first-order valence-corrected chi connectivity index (χ1v) is 7.18. The molecule has 2 N–H and O–H groups in total. The molecular formula is C16H24N2O. The lowest BCUT2D eigenvalue weighted by Crippen LogP contribution is -2.43. The largest absolute Gasteiger partial charge is 0.370 e. The predicted octanol–water partition coefficient (Wildman–Crippen LogP) is 2.79. The van der Waals surface area contributed by atoms with Gasteiger partial charge in [-0.25, -0.2) is 0 Å². The fourth-order valence-corrected chi connectivity index (χ4v) is 3.02. The molecule has 2 atom stereocenters. The second-order valence-electron chi connectivity index (χ2n) is 5.64. The molecule has 0 bridgehead atoms. The van der Waals surface area contributed by atoms with E-state index in [0.29, 0.717) is 18.5 Å². The fraction of sp³-hybridized carbons (Fsp3) is 0.562. The molecule has 1 aromatic rings. The number of benzene rings is 1. The van der Waals surface area contributed by atoms with E-state index in [2.05, 4.69) is 43.0 Å². The predicted molar refractivity (Wildman–Crippen MR) is 77.8 cm³/mol. The maximum Gasteiger partial charge on any atom is 0.218 e. The summed E-state index contributed by atoms with van der Waals surface area (Å²) in [4.78, 5) is 13.7. The number of aryl methyl sites for hydroxylation is 1. The molecule has 1 saturated heterocycles. The molecule has 2 rings (SSSR count). The van der Waals surface area contributed by atoms with E-state index in [-0.39, 0.29) is 5.91 Å². The monoisotopic (exact) mass is 260 g/mol. The number of carbonyl (C=O) groups is 1. The zero-order valence-electron chi connectivity index (χ0n) is 11.9. The highest BCUT2D eigenvalue weighted by Crippen LogP contribution is 2.29. The van der Waals surface area contributed by atoms with Gasteiger partial charge in [0.1, 0.15) is 0 Å². The van der Waals surface area contributed by atoms with Crippen LogP contribution in [0.5, 0.6) is 0 Å². The molecule has 3 nitrogen and oxygen atoms in total. The summed E-state index contributed by atoms with van der Waals surface area (Å²) < 4.78 is 0. The Bertz CT molecular complexity index is 427. The van der Waals surface area contributed by atoms with Crippen molar-refractivity contribution in [2.75, 3.05) is 6.54 Å². The molecule has 0 saturated carbocycles. The molecule has 1 heterocycles. The van der Waals surface area contributed by atoms with E-state index in [1.54, 1.807) is 0 Å². The Morgan fingerprint density at radius 3 is 2.68 bits per heavy atom. The standard InChI is InChI=1S/C16H24N2O/c1-12-6-8-14(9-7-12)13(2)18-10-4-3-5-15(18)11-16(17)19/h6-9,13,15H,3-5,10-11H2,1-2H3,(H2,17,19). The zero-order chi connectivity index (χ0) is 13.8. The van der Waals surface area contributed by atoms with Crippen molar-refractivity contribution < 1.29 is 4.79 Å². The Morgan fingerprint density at radius 2 is 2.05 bits per heavy atom. The SMILES string of the molecule is Cc1ccc(C(C)N2CCCCC2CC(N)=O)cc1. The van der Waals surface area contributed by atoms with Gasteiger partial charge in [-0.1, -0.05) is 36.2 Å². The number of piperidine rings is 1. The normalized spacial score (nSPS) is 22.1. The van der Waals surface area contributed by atoms with E-state index in [0.717, 1.165) is 13.0 Å². The third kappa shape index (κ3) is 3.57. The minimum absolute atomic E-state index is 0.187. The van der Waals surface area contributed by atoms with Crippen molar-refractivity contribution in [3.05, 3.63) is 35.4 Å². The summed E-state index contributed by atoms with van der Waals surface area (Å²) in [5.74, 6) is -0.187. The maximum atomic E-state index is 11.2. The molecule has 0 radical (unpaired) electrons. The Hall–Kier alpha value is -1.35. The third-order valence-corrected chi connectivity index (χ3v) is 4.17. The number of nitrogens with two attached hydrogens (primary N) is 1. The lowest BCUT2D eigenvalue weighted by atomic mass is 9.94. The van der Waals surface area contributed by atoms with Crippen LogP contribution in [-0.4, -0.2) is 23.4 Å². The van der Waals surface area contributed by atoms with Crippen molar-refractivity contribution in [2.24, 2.45) is 5.73 Å². The van der Waals surface area contributed by atoms with E-state index in [1.165, 1.54) is 24.0 Å². The molecule has 3 heteroatoms. The van der Waals surface area contributed by atoms with Crippen LogP contribution in [0.4, 0.5) is 0 Å². The number of hydrogen-bond donors (Lipinski definition) is 1. The topological polar surface area (TPSA) is 46.3 Å². The number of hydrogen-bond acceptors (Lipinski definition) is 2. The van der Waals surface area contributed by atoms with E-state index < -0.39 is 0 Å². The molecule has 104 valence electrons. The van der Waals surface area contributed by atoms with Gasteiger partial charge in [0.2, 0.25) is 5.91 Å². The first kappa shape index (κ1) is 14.1. The second-order valence-corrected chi connectivity index (χ2v) is 5.64. The van der Waals surface area contributed by atoms with Crippen LogP contribution in [0.15, 0.2) is 24.3 Å².